The Kier molecular flexibility index (Phi) is 4.74. The van der Waals surface area contributed by atoms with E-state index < -0.39 is 17.6 Å². The number of carbonyl (C=O) groups excluding carboxylic acids is 1. The third kappa shape index (κ3) is 3.99. The van der Waals surface area contributed by atoms with Crippen LogP contribution in [0, 0.1) is 0 Å². The number of carbonyl (C=O) groups is 1. The van der Waals surface area contributed by atoms with E-state index in [1.54, 1.807) is 6.20 Å². The Morgan fingerprint density at radius 1 is 1.16 bits per heavy atom. The summed E-state index contributed by atoms with van der Waals surface area (Å²) in [5.41, 5.74) is 0.0413. The predicted octanol–water partition coefficient (Wildman–Crippen LogP) is 3.88. The van der Waals surface area contributed by atoms with Gasteiger partial charge in [0.05, 0.1) is 5.56 Å². The lowest BCUT2D eigenvalue weighted by molar-refractivity contribution is -0.137. The van der Waals surface area contributed by atoms with Crippen molar-refractivity contribution < 1.29 is 18.0 Å². The van der Waals surface area contributed by atoms with E-state index in [9.17, 15) is 18.0 Å². The van der Waals surface area contributed by atoms with Crippen molar-refractivity contribution in [2.45, 2.75) is 19.1 Å². The Morgan fingerprint density at radius 2 is 2.00 bits per heavy atom. The highest BCUT2D eigenvalue weighted by Crippen LogP contribution is 2.29. The fourth-order valence-corrected chi connectivity index (χ4v) is 2.59. The zero-order valence-corrected chi connectivity index (χ0v) is 13.3. The quantitative estimate of drug-likeness (QED) is 0.712. The first-order valence-corrected chi connectivity index (χ1v) is 7.80. The van der Waals surface area contributed by atoms with Crippen LogP contribution < -0.4 is 5.32 Å². The average Bonchev–Trinajstić information content (AvgIpc) is 3.01. The largest absolute Gasteiger partial charge is 0.416 e. The number of pyridine rings is 1. The zero-order valence-electron chi connectivity index (χ0n) is 13.3. The number of alkyl halides is 3. The van der Waals surface area contributed by atoms with Gasteiger partial charge in [0.2, 0.25) is 0 Å². The monoisotopic (exact) mass is 347 g/mol. The number of nitrogens with one attached hydrogen (secondary N) is 1. The van der Waals surface area contributed by atoms with Crippen LogP contribution in [0.25, 0.3) is 11.0 Å². The number of rotatable bonds is 5. The van der Waals surface area contributed by atoms with Gasteiger partial charge in [0.15, 0.2) is 0 Å². The Bertz CT molecular complexity index is 886. The van der Waals surface area contributed by atoms with Crippen molar-refractivity contribution in [2.75, 3.05) is 6.54 Å². The first kappa shape index (κ1) is 17.0. The van der Waals surface area contributed by atoms with Crippen molar-refractivity contribution in [1.82, 2.24) is 14.9 Å². The summed E-state index contributed by atoms with van der Waals surface area (Å²) in [6, 6.07) is 10.2. The minimum Gasteiger partial charge on any atom is -0.352 e. The van der Waals surface area contributed by atoms with Gasteiger partial charge >= 0.3 is 6.18 Å². The standard InChI is InChI=1S/C18H16F3N3O/c19-18(20,21)15-6-1-4-14(12-15)17(25)23-9-3-10-24-11-7-13-5-2-8-22-16(13)24/h1-2,4-8,11-12H,3,9-10H2,(H,23,25). The van der Waals surface area contributed by atoms with Crippen molar-refractivity contribution in [3.05, 3.63) is 66.0 Å². The smallest absolute Gasteiger partial charge is 0.352 e. The molecule has 2 aromatic heterocycles. The maximum absolute atomic E-state index is 12.7. The van der Waals surface area contributed by atoms with Gasteiger partial charge in [0, 0.05) is 36.4 Å². The summed E-state index contributed by atoms with van der Waals surface area (Å²) in [5, 5.41) is 3.69. The van der Waals surface area contributed by atoms with Gasteiger partial charge in [-0.25, -0.2) is 4.98 Å². The molecule has 2 heterocycles. The molecule has 3 aromatic rings. The molecule has 1 amide bonds. The van der Waals surface area contributed by atoms with Crippen LogP contribution in [0.1, 0.15) is 22.3 Å². The van der Waals surface area contributed by atoms with Crippen molar-refractivity contribution in [3.8, 4) is 0 Å². The van der Waals surface area contributed by atoms with Crippen LogP contribution in [0.2, 0.25) is 0 Å². The van der Waals surface area contributed by atoms with Crippen LogP contribution in [0.4, 0.5) is 13.2 Å². The number of benzene rings is 1. The highest BCUT2D eigenvalue weighted by Gasteiger charge is 2.30. The fraction of sp³-hybridized carbons (Fsp3) is 0.222. The minimum atomic E-state index is -4.46. The average molecular weight is 347 g/mol. The van der Waals surface area contributed by atoms with Crippen LogP contribution >= 0.6 is 0 Å². The molecule has 0 fully saturated rings. The molecule has 25 heavy (non-hydrogen) atoms. The van der Waals surface area contributed by atoms with Crippen LogP contribution in [0.3, 0.4) is 0 Å². The van der Waals surface area contributed by atoms with Gasteiger partial charge < -0.3 is 9.88 Å². The number of fused-ring (bicyclic) bond motifs is 1. The predicted molar refractivity (Wildman–Crippen MR) is 88.1 cm³/mol. The summed E-state index contributed by atoms with van der Waals surface area (Å²) in [5.74, 6) is -0.512. The van der Waals surface area contributed by atoms with Crippen LogP contribution in [0.15, 0.2) is 54.9 Å². The molecular weight excluding hydrogens is 331 g/mol. The maximum Gasteiger partial charge on any atom is 0.416 e. The third-order valence-corrected chi connectivity index (χ3v) is 3.84. The van der Waals surface area contributed by atoms with Crippen molar-refractivity contribution in [1.29, 1.82) is 0 Å². The Balaban J connectivity index is 1.55. The molecule has 0 saturated carbocycles. The molecule has 0 aliphatic carbocycles. The van der Waals surface area contributed by atoms with E-state index in [-0.39, 0.29) is 5.56 Å². The first-order chi connectivity index (χ1) is 11.9. The van der Waals surface area contributed by atoms with E-state index in [4.69, 9.17) is 0 Å². The number of aromatic nitrogens is 2. The molecule has 0 unspecified atom stereocenters. The second-order valence-corrected chi connectivity index (χ2v) is 5.61. The van der Waals surface area contributed by atoms with Gasteiger partial charge in [-0.15, -0.1) is 0 Å². The molecule has 1 aromatic carbocycles. The summed E-state index contributed by atoms with van der Waals surface area (Å²) in [4.78, 5) is 16.3. The van der Waals surface area contributed by atoms with Gasteiger partial charge in [-0.3, -0.25) is 4.79 Å². The summed E-state index contributed by atoms with van der Waals surface area (Å²) in [6.07, 6.45) is -0.176. The first-order valence-electron chi connectivity index (χ1n) is 7.80. The maximum atomic E-state index is 12.7. The number of nitrogens with zero attached hydrogens (tertiary/aromatic N) is 2. The van der Waals surface area contributed by atoms with Gasteiger partial charge in [0.25, 0.3) is 5.91 Å². The summed E-state index contributed by atoms with van der Waals surface area (Å²) < 4.78 is 40.0. The zero-order chi connectivity index (χ0) is 17.9. The molecule has 0 aliphatic heterocycles. The highest BCUT2D eigenvalue weighted by atomic mass is 19.4. The summed E-state index contributed by atoms with van der Waals surface area (Å²) in [6.45, 7) is 1.02. The number of hydrogen-bond donors (Lipinski definition) is 1. The van der Waals surface area contributed by atoms with Crippen molar-refractivity contribution >= 4 is 16.9 Å². The molecule has 0 saturated heterocycles. The molecule has 0 atom stereocenters. The molecule has 4 nitrogen and oxygen atoms in total. The lowest BCUT2D eigenvalue weighted by atomic mass is 10.1. The number of aryl methyl sites for hydroxylation is 1. The number of hydrogen-bond acceptors (Lipinski definition) is 2. The number of halogens is 3. The van der Waals surface area contributed by atoms with E-state index in [0.717, 1.165) is 23.2 Å². The molecular formula is C18H16F3N3O. The van der Waals surface area contributed by atoms with Gasteiger partial charge in [-0.2, -0.15) is 13.2 Å². The Morgan fingerprint density at radius 3 is 2.80 bits per heavy atom. The molecule has 0 spiro atoms. The van der Waals surface area contributed by atoms with Gasteiger partial charge in [-0.05, 0) is 42.8 Å². The molecule has 0 bridgehead atoms. The molecule has 3 rings (SSSR count). The topological polar surface area (TPSA) is 46.9 Å². The van der Waals surface area contributed by atoms with Gasteiger partial charge in [0.1, 0.15) is 5.65 Å². The molecule has 7 heteroatoms. The van der Waals surface area contributed by atoms with Crippen LogP contribution in [0.5, 0.6) is 0 Å². The normalized spacial score (nSPS) is 11.6. The summed E-state index contributed by atoms with van der Waals surface area (Å²) >= 11 is 0. The van der Waals surface area contributed by atoms with Crippen LogP contribution in [-0.4, -0.2) is 22.0 Å². The lowest BCUT2D eigenvalue weighted by Gasteiger charge is -2.10. The summed E-state index contributed by atoms with van der Waals surface area (Å²) in [7, 11) is 0. The van der Waals surface area contributed by atoms with Crippen molar-refractivity contribution in [2.24, 2.45) is 0 Å². The van der Waals surface area contributed by atoms with E-state index in [0.29, 0.717) is 19.5 Å². The van der Waals surface area contributed by atoms with E-state index in [1.807, 2.05) is 29.0 Å². The van der Waals surface area contributed by atoms with E-state index in [2.05, 4.69) is 10.3 Å². The highest BCUT2D eigenvalue weighted by molar-refractivity contribution is 5.94. The molecule has 130 valence electrons. The second kappa shape index (κ2) is 6.96. The van der Waals surface area contributed by atoms with Gasteiger partial charge in [-0.1, -0.05) is 6.07 Å². The van der Waals surface area contributed by atoms with E-state index in [1.165, 1.54) is 12.1 Å². The second-order valence-electron chi connectivity index (χ2n) is 5.61. The molecule has 0 radical (unpaired) electrons. The molecule has 0 aliphatic rings. The fourth-order valence-electron chi connectivity index (χ4n) is 2.59. The number of amides is 1. The van der Waals surface area contributed by atoms with Crippen LogP contribution in [-0.2, 0) is 12.7 Å². The Labute approximate surface area is 142 Å². The lowest BCUT2D eigenvalue weighted by Crippen LogP contribution is -2.25. The minimum absolute atomic E-state index is 0.00269. The molecule has 1 N–H and O–H groups in total. The van der Waals surface area contributed by atoms with Crippen molar-refractivity contribution in [3.63, 3.8) is 0 Å². The Hall–Kier alpha value is -2.83. The SMILES string of the molecule is O=C(NCCCn1ccc2cccnc21)c1cccc(C(F)(F)F)c1. The van der Waals surface area contributed by atoms with E-state index >= 15 is 0 Å². The third-order valence-electron chi connectivity index (χ3n) is 3.84.